The Hall–Kier alpha value is -2.67. The molecule has 7 heteroatoms. The summed E-state index contributed by atoms with van der Waals surface area (Å²) < 4.78 is 0. The molecule has 1 aromatic carbocycles. The van der Waals surface area contributed by atoms with Crippen LogP contribution < -0.4 is 4.87 Å². The van der Waals surface area contributed by atoms with Crippen molar-refractivity contribution in [1.29, 1.82) is 0 Å². The first kappa shape index (κ1) is 12.4. The number of hydrogen-bond donors (Lipinski definition) is 3. The summed E-state index contributed by atoms with van der Waals surface area (Å²) in [5, 5.41) is 18.5. The number of benzene rings is 1. The molecule has 0 radical (unpaired) electrons. The number of carboxylic acids is 1. The molecule has 0 aliphatic carbocycles. The molecule has 0 saturated carbocycles. The molecule has 1 aliphatic heterocycles. The number of aromatic carboxylic acids is 1. The molecule has 0 saturated heterocycles. The first-order chi connectivity index (χ1) is 9.54. The summed E-state index contributed by atoms with van der Waals surface area (Å²) in [6.45, 7) is 0. The Morgan fingerprint density at radius 3 is 2.85 bits per heavy atom. The number of aromatic nitrogens is 1. The second kappa shape index (κ2) is 4.46. The van der Waals surface area contributed by atoms with Gasteiger partial charge in [0.2, 0.25) is 5.88 Å². The maximum Gasteiger partial charge on any atom is 0.335 e. The second-order valence-corrected chi connectivity index (χ2v) is 5.14. The van der Waals surface area contributed by atoms with Crippen LogP contribution >= 0.6 is 11.3 Å². The molecule has 3 rings (SSSR count). The van der Waals surface area contributed by atoms with Gasteiger partial charge in [-0.15, -0.1) is 0 Å². The lowest BCUT2D eigenvalue weighted by molar-refractivity contribution is 0.0697. The number of fused-ring (bicyclic) bond motifs is 1. The first-order valence-corrected chi connectivity index (χ1v) is 6.42. The minimum absolute atomic E-state index is 0.163. The number of aliphatic imine (C=N–C) groups is 1. The number of hydrogen-bond acceptors (Lipinski definition) is 5. The fraction of sp³-hybridized carbons (Fsp3) is 0. The number of rotatable bonds is 2. The van der Waals surface area contributed by atoms with Gasteiger partial charge in [-0.25, -0.2) is 4.79 Å². The zero-order valence-corrected chi connectivity index (χ0v) is 10.8. The van der Waals surface area contributed by atoms with Crippen LogP contribution in [0, 0.1) is 0 Å². The quantitative estimate of drug-likeness (QED) is 0.787. The van der Waals surface area contributed by atoms with E-state index in [-0.39, 0.29) is 16.3 Å². The molecule has 3 N–H and O–H groups in total. The topological polar surface area (TPSA) is 103 Å². The molecular formula is C13H8N2O4S. The van der Waals surface area contributed by atoms with Crippen molar-refractivity contribution in [2.24, 2.45) is 4.99 Å². The summed E-state index contributed by atoms with van der Waals surface area (Å²) in [4.78, 5) is 28.5. The predicted octanol–water partition coefficient (Wildman–Crippen LogP) is 2.10. The lowest BCUT2D eigenvalue weighted by atomic mass is 10.0. The summed E-state index contributed by atoms with van der Waals surface area (Å²) >= 11 is 0.891. The van der Waals surface area contributed by atoms with Gasteiger partial charge in [-0.1, -0.05) is 17.4 Å². The maximum atomic E-state index is 11.1. The molecule has 20 heavy (non-hydrogen) atoms. The fourth-order valence-electron chi connectivity index (χ4n) is 1.91. The zero-order chi connectivity index (χ0) is 14.3. The summed E-state index contributed by atoms with van der Waals surface area (Å²) in [7, 11) is 0. The number of nitrogens with zero attached hydrogens (tertiary/aromatic N) is 1. The highest BCUT2D eigenvalue weighted by Gasteiger charge is 2.16. The van der Waals surface area contributed by atoms with E-state index in [2.05, 4.69) is 9.98 Å². The lowest BCUT2D eigenvalue weighted by Crippen LogP contribution is -1.95. The molecule has 0 spiro atoms. The largest absolute Gasteiger partial charge is 0.493 e. The van der Waals surface area contributed by atoms with Gasteiger partial charge in [0.25, 0.3) is 0 Å². The average Bonchev–Trinajstić information content (AvgIpc) is 2.93. The third kappa shape index (κ3) is 2.04. The minimum Gasteiger partial charge on any atom is -0.493 e. The molecular weight excluding hydrogens is 280 g/mol. The van der Waals surface area contributed by atoms with Crippen LogP contribution in [0.2, 0.25) is 0 Å². The van der Waals surface area contributed by atoms with Gasteiger partial charge in [-0.05, 0) is 18.2 Å². The maximum absolute atomic E-state index is 11.1. The Labute approximate surface area is 116 Å². The van der Waals surface area contributed by atoms with Gasteiger partial charge >= 0.3 is 10.8 Å². The van der Waals surface area contributed by atoms with Crippen molar-refractivity contribution in [2.45, 2.75) is 0 Å². The summed E-state index contributed by atoms with van der Waals surface area (Å²) in [6, 6.07) is 4.63. The third-order valence-electron chi connectivity index (χ3n) is 2.84. The molecule has 6 nitrogen and oxygen atoms in total. The van der Waals surface area contributed by atoms with Crippen LogP contribution in [0.25, 0.3) is 11.6 Å². The van der Waals surface area contributed by atoms with Gasteiger partial charge in [-0.3, -0.25) is 14.8 Å². The highest BCUT2D eigenvalue weighted by Crippen LogP contribution is 2.34. The first-order valence-electron chi connectivity index (χ1n) is 5.60. The number of aromatic amines is 1. The Bertz CT molecular complexity index is 829. The van der Waals surface area contributed by atoms with E-state index in [0.29, 0.717) is 16.1 Å². The molecule has 0 amide bonds. The number of aromatic hydroxyl groups is 1. The van der Waals surface area contributed by atoms with E-state index in [4.69, 9.17) is 5.11 Å². The SMILES string of the molecule is O=C(O)c1ccc2c(c1)N=CC2=Cc1sc(=O)[nH]c1O. The predicted molar refractivity (Wildman–Crippen MR) is 76.0 cm³/mol. The number of carbonyl (C=O) groups is 1. The van der Waals surface area contributed by atoms with E-state index in [1.54, 1.807) is 18.4 Å². The molecule has 0 atom stereocenters. The van der Waals surface area contributed by atoms with Crippen molar-refractivity contribution < 1.29 is 15.0 Å². The average molecular weight is 288 g/mol. The molecule has 1 aliphatic rings. The van der Waals surface area contributed by atoms with Crippen molar-refractivity contribution in [3.63, 3.8) is 0 Å². The number of allylic oxidation sites excluding steroid dienone is 1. The van der Waals surface area contributed by atoms with Crippen molar-refractivity contribution >= 4 is 40.9 Å². The van der Waals surface area contributed by atoms with E-state index in [0.717, 1.165) is 16.9 Å². The van der Waals surface area contributed by atoms with Crippen LogP contribution in [0.15, 0.2) is 28.0 Å². The Morgan fingerprint density at radius 2 is 2.20 bits per heavy atom. The summed E-state index contributed by atoms with van der Waals surface area (Å²) in [5.41, 5.74) is 2.19. The monoisotopic (exact) mass is 288 g/mol. The van der Waals surface area contributed by atoms with Gasteiger partial charge < -0.3 is 10.2 Å². The number of carboxylic acid groups (broad SMARTS) is 1. The number of thiazole rings is 1. The third-order valence-corrected chi connectivity index (χ3v) is 3.66. The highest BCUT2D eigenvalue weighted by molar-refractivity contribution is 7.10. The van der Waals surface area contributed by atoms with E-state index in [1.165, 1.54) is 12.1 Å². The molecule has 0 unspecified atom stereocenters. The van der Waals surface area contributed by atoms with Gasteiger partial charge in [0.1, 0.15) is 0 Å². The van der Waals surface area contributed by atoms with Crippen molar-refractivity contribution in [3.05, 3.63) is 43.9 Å². The number of H-pyrrole nitrogens is 1. The van der Waals surface area contributed by atoms with Crippen LogP contribution in [0.3, 0.4) is 0 Å². The molecule has 2 aromatic rings. The van der Waals surface area contributed by atoms with Gasteiger partial charge in [-0.2, -0.15) is 0 Å². The van der Waals surface area contributed by atoms with Gasteiger partial charge in [0.05, 0.1) is 16.1 Å². The second-order valence-electron chi connectivity index (χ2n) is 4.12. The fourth-order valence-corrected chi connectivity index (χ4v) is 2.59. The van der Waals surface area contributed by atoms with Crippen LogP contribution in [0.4, 0.5) is 5.69 Å². The summed E-state index contributed by atoms with van der Waals surface area (Å²) in [6.07, 6.45) is 3.20. The van der Waals surface area contributed by atoms with Crippen LogP contribution in [-0.4, -0.2) is 27.4 Å². The highest BCUT2D eigenvalue weighted by atomic mass is 32.1. The normalized spacial score (nSPS) is 14.7. The van der Waals surface area contributed by atoms with Gasteiger partial charge in [0, 0.05) is 17.4 Å². The lowest BCUT2D eigenvalue weighted by Gasteiger charge is -2.01. The van der Waals surface area contributed by atoms with Gasteiger partial charge in [0.15, 0.2) is 0 Å². The molecule has 2 heterocycles. The zero-order valence-electron chi connectivity index (χ0n) is 9.95. The van der Waals surface area contributed by atoms with Crippen LogP contribution in [0.5, 0.6) is 5.88 Å². The van der Waals surface area contributed by atoms with Crippen molar-refractivity contribution in [1.82, 2.24) is 4.98 Å². The molecule has 100 valence electrons. The van der Waals surface area contributed by atoms with Crippen molar-refractivity contribution in [3.8, 4) is 5.88 Å². The molecule has 0 fully saturated rings. The van der Waals surface area contributed by atoms with E-state index >= 15 is 0 Å². The Morgan fingerprint density at radius 1 is 1.40 bits per heavy atom. The van der Waals surface area contributed by atoms with E-state index < -0.39 is 5.97 Å². The minimum atomic E-state index is -1.01. The van der Waals surface area contributed by atoms with E-state index in [1.807, 2.05) is 0 Å². The smallest absolute Gasteiger partial charge is 0.335 e. The molecule has 1 aromatic heterocycles. The number of nitrogens with one attached hydrogen (secondary N) is 1. The van der Waals surface area contributed by atoms with Crippen molar-refractivity contribution in [2.75, 3.05) is 0 Å². The van der Waals surface area contributed by atoms with Crippen LogP contribution in [-0.2, 0) is 0 Å². The standard InChI is InChI=1S/C13H8N2O4S/c16-11-10(20-13(19)15-11)4-7-5-14-9-3-6(12(17)18)1-2-8(7)9/h1-5,16H,(H,15,19)(H,17,18). The summed E-state index contributed by atoms with van der Waals surface area (Å²) in [5.74, 6) is -1.20. The molecule has 0 bridgehead atoms. The Kier molecular flexibility index (Phi) is 2.76. The Balaban J connectivity index is 2.06. The van der Waals surface area contributed by atoms with Crippen LogP contribution in [0.1, 0.15) is 20.8 Å². The van der Waals surface area contributed by atoms with E-state index in [9.17, 15) is 14.7 Å².